The Balaban J connectivity index is 1.80. The van der Waals surface area contributed by atoms with Crippen LogP contribution in [0.4, 0.5) is 19.0 Å². The summed E-state index contributed by atoms with van der Waals surface area (Å²) in [5.41, 5.74) is -0.738. The van der Waals surface area contributed by atoms with Crippen LogP contribution < -0.4 is 10.2 Å². The molecular formula is C20H31F3N4O. The van der Waals surface area contributed by atoms with Crippen LogP contribution in [0.1, 0.15) is 51.5 Å². The van der Waals surface area contributed by atoms with Gasteiger partial charge >= 0.3 is 6.18 Å². The summed E-state index contributed by atoms with van der Waals surface area (Å²) in [4.78, 5) is 20.3. The molecule has 1 amide bonds. The van der Waals surface area contributed by atoms with Crippen molar-refractivity contribution in [2.75, 3.05) is 37.6 Å². The highest BCUT2D eigenvalue weighted by molar-refractivity contribution is 5.78. The van der Waals surface area contributed by atoms with Crippen molar-refractivity contribution in [1.29, 1.82) is 0 Å². The van der Waals surface area contributed by atoms with E-state index in [9.17, 15) is 18.0 Å². The molecule has 1 aromatic heterocycles. The zero-order valence-corrected chi connectivity index (χ0v) is 16.8. The van der Waals surface area contributed by atoms with Crippen LogP contribution in [0.5, 0.6) is 0 Å². The number of hydrogen-bond acceptors (Lipinski definition) is 4. The van der Waals surface area contributed by atoms with Gasteiger partial charge in [-0.1, -0.05) is 26.2 Å². The second-order valence-corrected chi connectivity index (χ2v) is 7.48. The molecule has 2 heterocycles. The first-order valence-electron chi connectivity index (χ1n) is 10.1. The first-order valence-corrected chi connectivity index (χ1v) is 10.1. The van der Waals surface area contributed by atoms with Crippen LogP contribution in [0.2, 0.25) is 0 Å². The van der Waals surface area contributed by atoms with Crippen molar-refractivity contribution in [2.45, 2.75) is 58.2 Å². The largest absolute Gasteiger partial charge is 0.417 e. The number of carbonyl (C=O) groups excluding carboxylic acids is 1. The van der Waals surface area contributed by atoms with Crippen molar-refractivity contribution in [3.05, 3.63) is 23.9 Å². The maximum Gasteiger partial charge on any atom is 0.417 e. The predicted octanol–water partition coefficient (Wildman–Crippen LogP) is 3.70. The van der Waals surface area contributed by atoms with Crippen molar-refractivity contribution < 1.29 is 18.0 Å². The summed E-state index contributed by atoms with van der Waals surface area (Å²) in [6.45, 7) is 7.36. The summed E-state index contributed by atoms with van der Waals surface area (Å²) in [6, 6.07) is 2.67. The highest BCUT2D eigenvalue weighted by atomic mass is 19.4. The molecule has 0 bridgehead atoms. The van der Waals surface area contributed by atoms with E-state index in [0.29, 0.717) is 32.0 Å². The third-order valence-corrected chi connectivity index (χ3v) is 5.00. The highest BCUT2D eigenvalue weighted by Crippen LogP contribution is 2.29. The molecule has 1 aliphatic heterocycles. The molecule has 8 heteroatoms. The van der Waals surface area contributed by atoms with Crippen LogP contribution in [0.3, 0.4) is 0 Å². The smallest absolute Gasteiger partial charge is 0.355 e. The number of nitrogens with one attached hydrogen (secondary N) is 1. The van der Waals surface area contributed by atoms with Crippen LogP contribution in [0.15, 0.2) is 18.3 Å². The zero-order chi connectivity index (χ0) is 20.6. The molecule has 1 aromatic rings. The standard InChI is InChI=1S/C20H31F3N4O/c1-3-4-5-7-16(2)25-19(28)15-26-10-6-11-27(13-12-26)18-9-8-17(14-24-18)20(21,22)23/h8-9,14,16H,3-7,10-13,15H2,1-2H3,(H,25,28)/t16-/m0/s1. The van der Waals surface area contributed by atoms with Crippen LogP contribution in [-0.2, 0) is 11.0 Å². The Morgan fingerprint density at radius 3 is 2.64 bits per heavy atom. The minimum Gasteiger partial charge on any atom is -0.355 e. The van der Waals surface area contributed by atoms with Gasteiger partial charge < -0.3 is 10.2 Å². The molecule has 0 saturated carbocycles. The first kappa shape index (κ1) is 22.5. The molecule has 0 aliphatic carbocycles. The van der Waals surface area contributed by atoms with E-state index in [1.54, 1.807) is 0 Å². The maximum absolute atomic E-state index is 12.7. The fraction of sp³-hybridized carbons (Fsp3) is 0.700. The van der Waals surface area contributed by atoms with Gasteiger partial charge in [0.2, 0.25) is 5.91 Å². The molecule has 1 aliphatic rings. The third-order valence-electron chi connectivity index (χ3n) is 5.00. The minimum atomic E-state index is -4.37. The molecule has 5 nitrogen and oxygen atoms in total. The number of anilines is 1. The van der Waals surface area contributed by atoms with Gasteiger partial charge in [-0.05, 0) is 31.9 Å². The zero-order valence-electron chi connectivity index (χ0n) is 16.8. The van der Waals surface area contributed by atoms with Gasteiger partial charge in [0, 0.05) is 38.4 Å². The van der Waals surface area contributed by atoms with Gasteiger partial charge in [-0.2, -0.15) is 13.2 Å². The monoisotopic (exact) mass is 400 g/mol. The van der Waals surface area contributed by atoms with Crippen molar-refractivity contribution in [1.82, 2.24) is 15.2 Å². The van der Waals surface area contributed by atoms with Crippen molar-refractivity contribution in [3.8, 4) is 0 Å². The number of hydrogen-bond donors (Lipinski definition) is 1. The number of aromatic nitrogens is 1. The number of alkyl halides is 3. The summed E-state index contributed by atoms with van der Waals surface area (Å²) in [7, 11) is 0. The topological polar surface area (TPSA) is 48.5 Å². The molecule has 2 rings (SSSR count). The number of pyridine rings is 1. The van der Waals surface area contributed by atoms with E-state index in [1.807, 2.05) is 11.8 Å². The van der Waals surface area contributed by atoms with Gasteiger partial charge in [0.15, 0.2) is 0 Å². The molecule has 0 spiro atoms. The van der Waals surface area contributed by atoms with Crippen LogP contribution >= 0.6 is 0 Å². The number of rotatable bonds is 8. The van der Waals surface area contributed by atoms with Gasteiger partial charge in [0.05, 0.1) is 12.1 Å². The average molecular weight is 400 g/mol. The number of carbonyl (C=O) groups is 1. The van der Waals surface area contributed by atoms with Gasteiger partial charge in [-0.15, -0.1) is 0 Å². The first-order chi connectivity index (χ1) is 13.3. The second-order valence-electron chi connectivity index (χ2n) is 7.48. The fourth-order valence-electron chi connectivity index (χ4n) is 3.40. The Morgan fingerprint density at radius 1 is 1.21 bits per heavy atom. The van der Waals surface area contributed by atoms with Crippen LogP contribution in [0, 0.1) is 0 Å². The molecule has 28 heavy (non-hydrogen) atoms. The normalized spacial score (nSPS) is 17.2. The van der Waals surface area contributed by atoms with Gasteiger partial charge in [0.1, 0.15) is 5.82 Å². The lowest BCUT2D eigenvalue weighted by Gasteiger charge is -2.23. The van der Waals surface area contributed by atoms with E-state index in [4.69, 9.17) is 0 Å². The van der Waals surface area contributed by atoms with E-state index >= 15 is 0 Å². The Kier molecular flexibility index (Phi) is 8.54. The van der Waals surface area contributed by atoms with Gasteiger partial charge in [-0.25, -0.2) is 4.98 Å². The summed E-state index contributed by atoms with van der Waals surface area (Å²) in [5, 5.41) is 3.06. The highest BCUT2D eigenvalue weighted by Gasteiger charge is 2.31. The van der Waals surface area contributed by atoms with E-state index in [-0.39, 0.29) is 11.9 Å². The lowest BCUT2D eigenvalue weighted by molar-refractivity contribution is -0.137. The summed E-state index contributed by atoms with van der Waals surface area (Å²) in [6.07, 6.45) is 1.80. The molecule has 0 radical (unpaired) electrons. The molecule has 1 fully saturated rings. The van der Waals surface area contributed by atoms with E-state index < -0.39 is 11.7 Å². The molecule has 1 atom stereocenters. The van der Waals surface area contributed by atoms with Gasteiger partial charge in [0.25, 0.3) is 0 Å². The molecule has 1 N–H and O–H groups in total. The minimum absolute atomic E-state index is 0.0325. The Hall–Kier alpha value is -1.83. The van der Waals surface area contributed by atoms with Crippen LogP contribution in [0.25, 0.3) is 0 Å². The molecule has 1 saturated heterocycles. The lowest BCUT2D eigenvalue weighted by atomic mass is 10.1. The van der Waals surface area contributed by atoms with Crippen LogP contribution in [-0.4, -0.2) is 54.6 Å². The summed E-state index contributed by atoms with van der Waals surface area (Å²) >= 11 is 0. The third kappa shape index (κ3) is 7.30. The number of halogens is 3. The number of nitrogens with zero attached hydrogens (tertiary/aromatic N) is 3. The average Bonchev–Trinajstić information content (AvgIpc) is 2.87. The molecule has 0 aromatic carbocycles. The van der Waals surface area contributed by atoms with Gasteiger partial charge in [-0.3, -0.25) is 9.69 Å². The Labute approximate surface area is 165 Å². The Morgan fingerprint density at radius 2 is 2.00 bits per heavy atom. The predicted molar refractivity (Wildman–Crippen MR) is 104 cm³/mol. The van der Waals surface area contributed by atoms with Crippen molar-refractivity contribution in [2.24, 2.45) is 0 Å². The Bertz CT molecular complexity index is 606. The fourth-order valence-corrected chi connectivity index (χ4v) is 3.40. The molecule has 0 unspecified atom stereocenters. The van der Waals surface area contributed by atoms with Crippen molar-refractivity contribution >= 4 is 11.7 Å². The summed E-state index contributed by atoms with van der Waals surface area (Å²) in [5.74, 6) is 0.578. The second kappa shape index (κ2) is 10.6. The maximum atomic E-state index is 12.7. The molecular weight excluding hydrogens is 369 g/mol. The van der Waals surface area contributed by atoms with Crippen molar-refractivity contribution in [3.63, 3.8) is 0 Å². The lowest BCUT2D eigenvalue weighted by Crippen LogP contribution is -2.42. The number of unbranched alkanes of at least 4 members (excludes halogenated alkanes) is 2. The number of amides is 1. The van der Waals surface area contributed by atoms with E-state index in [1.165, 1.54) is 18.9 Å². The van der Waals surface area contributed by atoms with E-state index in [0.717, 1.165) is 38.1 Å². The quantitative estimate of drug-likeness (QED) is 0.676. The molecule has 158 valence electrons. The SMILES string of the molecule is CCCCC[C@H](C)NC(=O)CN1CCCN(c2ccc(C(F)(F)F)cn2)CC1. The van der Waals surface area contributed by atoms with E-state index in [2.05, 4.69) is 22.1 Å². The summed E-state index contributed by atoms with van der Waals surface area (Å²) < 4.78 is 38.0.